The molecule has 3 aromatic heterocycles. The summed E-state index contributed by atoms with van der Waals surface area (Å²) >= 11 is 0. The molecule has 3 aliphatic rings. The number of aryl methyl sites for hydroxylation is 2. The van der Waals surface area contributed by atoms with E-state index >= 15 is 0 Å². The van der Waals surface area contributed by atoms with Gasteiger partial charge < -0.3 is 19.4 Å². The molecule has 4 aromatic rings. The largest absolute Gasteiger partial charge is 0.378 e. The van der Waals surface area contributed by atoms with Gasteiger partial charge in [-0.3, -0.25) is 0 Å². The maximum Gasteiger partial charge on any atom is 0.141 e. The first-order valence-corrected chi connectivity index (χ1v) is 12.6. The molecule has 8 heteroatoms. The Kier molecular flexibility index (Phi) is 4.51. The maximum absolute atomic E-state index is 12.7. The number of aromatic nitrogens is 5. The molecule has 0 radical (unpaired) electrons. The predicted molar refractivity (Wildman–Crippen MR) is 129 cm³/mol. The van der Waals surface area contributed by atoms with Crippen molar-refractivity contribution in [3.05, 3.63) is 59.0 Å². The molecule has 4 heterocycles. The Morgan fingerprint density at radius 1 is 1.14 bits per heavy atom. The minimum atomic E-state index is -1.41. The third-order valence-corrected chi connectivity index (χ3v) is 8.20. The topological polar surface area (TPSA) is 110 Å². The molecule has 1 unspecified atom stereocenters. The highest BCUT2D eigenvalue weighted by Gasteiger charge is 2.52. The molecule has 2 N–H and O–H groups in total. The molecule has 1 aliphatic heterocycles. The summed E-state index contributed by atoms with van der Waals surface area (Å²) in [6.45, 7) is 4.34. The van der Waals surface area contributed by atoms with Crippen LogP contribution in [-0.2, 0) is 10.3 Å². The van der Waals surface area contributed by atoms with Gasteiger partial charge in [0.15, 0.2) is 0 Å². The number of aromatic amines is 1. The van der Waals surface area contributed by atoms with Crippen molar-refractivity contribution in [1.29, 1.82) is 0 Å². The molecule has 1 saturated heterocycles. The first kappa shape index (κ1) is 21.2. The summed E-state index contributed by atoms with van der Waals surface area (Å²) < 4.78 is 11.8. The monoisotopic (exact) mass is 471 g/mol. The molecule has 2 atom stereocenters. The van der Waals surface area contributed by atoms with E-state index in [1.807, 2.05) is 32.0 Å². The molecule has 0 amide bonds. The van der Waals surface area contributed by atoms with Crippen LogP contribution in [-0.4, -0.2) is 42.6 Å². The fourth-order valence-corrected chi connectivity index (χ4v) is 5.82. The average Bonchev–Trinajstić information content (AvgIpc) is 3.79. The lowest BCUT2D eigenvalue weighted by atomic mass is 9.74. The predicted octanol–water partition coefficient (Wildman–Crippen LogP) is 4.70. The Hall–Kier alpha value is -3.10. The van der Waals surface area contributed by atoms with E-state index in [1.54, 1.807) is 6.20 Å². The van der Waals surface area contributed by atoms with Gasteiger partial charge in [0.05, 0.1) is 34.6 Å². The number of aliphatic hydroxyl groups is 1. The van der Waals surface area contributed by atoms with E-state index in [1.165, 1.54) is 0 Å². The second-order valence-corrected chi connectivity index (χ2v) is 10.6. The van der Waals surface area contributed by atoms with Crippen LogP contribution in [0.3, 0.4) is 0 Å². The Morgan fingerprint density at radius 2 is 2.00 bits per heavy atom. The summed E-state index contributed by atoms with van der Waals surface area (Å²) in [7, 11) is 0. The van der Waals surface area contributed by atoms with Crippen LogP contribution in [0, 0.1) is 19.8 Å². The van der Waals surface area contributed by atoms with Crippen LogP contribution in [0.5, 0.6) is 0 Å². The van der Waals surface area contributed by atoms with Crippen molar-refractivity contribution in [3.63, 3.8) is 0 Å². The summed E-state index contributed by atoms with van der Waals surface area (Å²) in [4.78, 5) is 8.57. The number of ether oxygens (including phenoxy) is 1. The summed E-state index contributed by atoms with van der Waals surface area (Å²) in [6.07, 6.45) is 7.93. The van der Waals surface area contributed by atoms with Crippen molar-refractivity contribution >= 4 is 11.0 Å². The van der Waals surface area contributed by atoms with E-state index in [9.17, 15) is 5.11 Å². The third kappa shape index (κ3) is 3.34. The van der Waals surface area contributed by atoms with Crippen LogP contribution in [0.15, 0.2) is 35.0 Å². The molecule has 2 saturated carbocycles. The third-order valence-electron chi connectivity index (χ3n) is 8.20. The summed E-state index contributed by atoms with van der Waals surface area (Å²) in [6, 6.07) is 7.83. The highest BCUT2D eigenvalue weighted by atomic mass is 16.5. The van der Waals surface area contributed by atoms with Crippen molar-refractivity contribution < 1.29 is 14.4 Å². The lowest BCUT2D eigenvalue weighted by molar-refractivity contribution is -0.101. The zero-order valence-electron chi connectivity index (χ0n) is 20.0. The molecule has 1 aromatic carbocycles. The number of nitrogens with one attached hydrogen (secondary N) is 1. The van der Waals surface area contributed by atoms with E-state index in [4.69, 9.17) is 14.2 Å². The van der Waals surface area contributed by atoms with Crippen molar-refractivity contribution in [2.75, 3.05) is 6.61 Å². The quantitative estimate of drug-likeness (QED) is 0.434. The van der Waals surface area contributed by atoms with Crippen molar-refractivity contribution in [2.45, 2.75) is 69.5 Å². The minimum absolute atomic E-state index is 0.0269. The zero-order valence-corrected chi connectivity index (χ0v) is 20.0. The van der Waals surface area contributed by atoms with Gasteiger partial charge in [0, 0.05) is 29.2 Å². The summed E-state index contributed by atoms with van der Waals surface area (Å²) in [5.41, 5.74) is 4.24. The highest BCUT2D eigenvalue weighted by molar-refractivity contribution is 5.87. The van der Waals surface area contributed by atoms with Crippen LogP contribution in [0.4, 0.5) is 0 Å². The molecule has 35 heavy (non-hydrogen) atoms. The van der Waals surface area contributed by atoms with Gasteiger partial charge >= 0.3 is 0 Å². The minimum Gasteiger partial charge on any atom is -0.378 e. The number of imidazole rings is 1. The Bertz CT molecular complexity index is 1390. The van der Waals surface area contributed by atoms with Crippen LogP contribution in [0.1, 0.15) is 73.0 Å². The van der Waals surface area contributed by atoms with E-state index in [0.717, 1.165) is 83.5 Å². The lowest BCUT2D eigenvalue weighted by Crippen LogP contribution is -2.44. The Balaban J connectivity index is 1.46. The SMILES string of the molecule is Cc1noc(C)c1-c1cc([C@](O)(c2cccnn2)C2CCC3(CC3)OC2)c2nc(C3CC3)[nH]c2c1. The Labute approximate surface area is 203 Å². The van der Waals surface area contributed by atoms with Gasteiger partial charge in [0.25, 0.3) is 0 Å². The average molecular weight is 472 g/mol. The van der Waals surface area contributed by atoms with Crippen LogP contribution >= 0.6 is 0 Å². The summed E-state index contributed by atoms with van der Waals surface area (Å²) in [5, 5.41) is 25.4. The number of nitrogens with zero attached hydrogens (tertiary/aromatic N) is 4. The standard InChI is InChI=1S/C27H29N5O3/c1-15-23(16(2)35-32-15)18-12-20(24-21(13-18)29-25(30-24)17-5-6-17)27(33,22-4-3-11-28-31-22)19-7-8-26(9-10-26)34-14-19/h3-4,11-13,17,19,33H,5-10,14H2,1-2H3,(H,29,30)/t19?,27-/m0/s1. The first-order chi connectivity index (χ1) is 17.0. The smallest absolute Gasteiger partial charge is 0.141 e. The molecule has 3 fully saturated rings. The second kappa shape index (κ2) is 7.45. The summed E-state index contributed by atoms with van der Waals surface area (Å²) in [5.74, 6) is 2.01. The van der Waals surface area contributed by atoms with Gasteiger partial charge in [-0.1, -0.05) is 5.16 Å². The fourth-order valence-electron chi connectivity index (χ4n) is 5.82. The zero-order chi connectivity index (χ0) is 23.8. The van der Waals surface area contributed by atoms with Crippen molar-refractivity contribution in [3.8, 4) is 11.1 Å². The second-order valence-electron chi connectivity index (χ2n) is 10.6. The highest BCUT2D eigenvalue weighted by Crippen LogP contribution is 2.52. The first-order valence-electron chi connectivity index (χ1n) is 12.6. The maximum atomic E-state index is 12.7. The van der Waals surface area contributed by atoms with Gasteiger partial charge in [0.2, 0.25) is 0 Å². The van der Waals surface area contributed by atoms with E-state index < -0.39 is 5.60 Å². The molecule has 8 nitrogen and oxygen atoms in total. The van der Waals surface area contributed by atoms with E-state index in [0.29, 0.717) is 18.2 Å². The molecule has 2 aliphatic carbocycles. The molecule has 180 valence electrons. The Morgan fingerprint density at radius 3 is 2.63 bits per heavy atom. The molecule has 1 spiro atoms. The van der Waals surface area contributed by atoms with E-state index in [-0.39, 0.29) is 11.5 Å². The molecule has 0 bridgehead atoms. The van der Waals surface area contributed by atoms with Gasteiger partial charge in [-0.2, -0.15) is 10.2 Å². The van der Waals surface area contributed by atoms with Gasteiger partial charge in [-0.05, 0) is 82.2 Å². The van der Waals surface area contributed by atoms with E-state index in [2.05, 4.69) is 26.4 Å². The number of H-pyrrole nitrogens is 1. The van der Waals surface area contributed by atoms with Crippen LogP contribution < -0.4 is 0 Å². The number of benzene rings is 1. The molecule has 7 rings (SSSR count). The van der Waals surface area contributed by atoms with Crippen LogP contribution in [0.25, 0.3) is 22.2 Å². The van der Waals surface area contributed by atoms with Gasteiger partial charge in [-0.25, -0.2) is 4.98 Å². The van der Waals surface area contributed by atoms with Crippen molar-refractivity contribution in [2.24, 2.45) is 5.92 Å². The molecular weight excluding hydrogens is 442 g/mol. The number of hydrogen-bond acceptors (Lipinski definition) is 7. The van der Waals surface area contributed by atoms with Gasteiger partial charge in [-0.15, -0.1) is 0 Å². The lowest BCUT2D eigenvalue weighted by Gasteiger charge is -2.40. The number of hydrogen-bond donors (Lipinski definition) is 2. The van der Waals surface area contributed by atoms with Crippen molar-refractivity contribution in [1.82, 2.24) is 25.3 Å². The van der Waals surface area contributed by atoms with Crippen LogP contribution in [0.2, 0.25) is 0 Å². The number of rotatable bonds is 5. The fraction of sp³-hybridized carbons (Fsp3) is 0.481. The van der Waals surface area contributed by atoms with Gasteiger partial charge in [0.1, 0.15) is 17.2 Å². The normalized spacial score (nSPS) is 23.0. The molecular formula is C27H29N5O3. The number of fused-ring (bicyclic) bond motifs is 1.